The van der Waals surface area contributed by atoms with E-state index in [2.05, 4.69) is 44.6 Å². The Morgan fingerprint density at radius 2 is 1.67 bits per heavy atom. The highest BCUT2D eigenvalue weighted by molar-refractivity contribution is 6.41. The van der Waals surface area contributed by atoms with Crippen LogP contribution < -0.4 is 25.0 Å². The first kappa shape index (κ1) is 27.3. The van der Waals surface area contributed by atoms with Crippen LogP contribution in [0.1, 0.15) is 24.3 Å². The van der Waals surface area contributed by atoms with Crippen LogP contribution in [-0.2, 0) is 0 Å². The number of carbonyl (C=O) groups is 1. The van der Waals surface area contributed by atoms with E-state index in [1.807, 2.05) is 12.1 Å². The fourth-order valence-electron chi connectivity index (χ4n) is 4.85. The van der Waals surface area contributed by atoms with Crippen molar-refractivity contribution in [3.63, 3.8) is 0 Å². The number of piperazine rings is 1. The third kappa shape index (κ3) is 5.32. The van der Waals surface area contributed by atoms with Crippen LogP contribution >= 0.6 is 34.8 Å². The molecule has 3 heterocycles. The molecule has 1 aliphatic rings. The minimum atomic E-state index is -0.422. The number of nitrogens with one attached hydrogen (secondary N) is 3. The summed E-state index contributed by atoms with van der Waals surface area (Å²) in [4.78, 5) is 20.1. The normalized spacial score (nSPS) is 17.4. The number of nitrogens with zero attached hydrogens (tertiary/aromatic N) is 3. The largest absolute Gasteiger partial charge is 0.495 e. The van der Waals surface area contributed by atoms with Crippen molar-refractivity contribution >= 4 is 63.1 Å². The molecule has 204 valence electrons. The van der Waals surface area contributed by atoms with Gasteiger partial charge in [-0.25, -0.2) is 4.98 Å². The summed E-state index contributed by atoms with van der Waals surface area (Å²) < 4.78 is 10.7. The number of hydrogen-bond donors (Lipinski definition) is 3. The van der Waals surface area contributed by atoms with Gasteiger partial charge in [0.15, 0.2) is 11.3 Å². The number of benzene rings is 2. The van der Waals surface area contributed by atoms with Gasteiger partial charge >= 0.3 is 0 Å². The van der Waals surface area contributed by atoms with Crippen molar-refractivity contribution in [2.45, 2.75) is 25.9 Å². The van der Waals surface area contributed by atoms with Gasteiger partial charge in [0.05, 0.1) is 46.1 Å². The number of fused-ring (bicyclic) bond motifs is 1. The standard InChI is InChI=1S/C27H27Cl3N6O3/c1-13-11-36(12-14(2)31-13)15-5-7-18(17(28)9-15)33-27(37)25-16-6-8-19(32-26(16)35-34-25)22-23(29)20(38-3)10-21(39-4)24(22)30/h5-10,13-14,31H,11-12H2,1-4H3,(H,33,37)(H,32,34,35)/t13-,14+. The maximum absolute atomic E-state index is 13.2. The van der Waals surface area contributed by atoms with Crippen LogP contribution in [0.25, 0.3) is 22.3 Å². The summed E-state index contributed by atoms with van der Waals surface area (Å²) in [5.41, 5.74) is 2.96. The molecule has 0 aliphatic carbocycles. The molecule has 0 spiro atoms. The molecule has 39 heavy (non-hydrogen) atoms. The van der Waals surface area contributed by atoms with Crippen LogP contribution in [0.15, 0.2) is 36.4 Å². The summed E-state index contributed by atoms with van der Waals surface area (Å²) in [6, 6.07) is 11.4. The minimum absolute atomic E-state index is 0.175. The maximum atomic E-state index is 13.2. The van der Waals surface area contributed by atoms with Gasteiger partial charge in [-0.1, -0.05) is 34.8 Å². The van der Waals surface area contributed by atoms with Gasteiger partial charge in [-0.3, -0.25) is 9.89 Å². The number of hydrogen-bond acceptors (Lipinski definition) is 7. The number of aromatic nitrogens is 3. The summed E-state index contributed by atoms with van der Waals surface area (Å²) in [6.07, 6.45) is 0. The van der Waals surface area contributed by atoms with Gasteiger partial charge in [-0.15, -0.1) is 0 Å². The Morgan fingerprint density at radius 1 is 1.00 bits per heavy atom. The van der Waals surface area contributed by atoms with Gasteiger partial charge in [-0.05, 0) is 44.2 Å². The number of rotatable bonds is 6. The Hall–Kier alpha value is -3.24. The van der Waals surface area contributed by atoms with Crippen molar-refractivity contribution in [1.29, 1.82) is 0 Å². The van der Waals surface area contributed by atoms with Crippen LogP contribution in [0.2, 0.25) is 15.1 Å². The first-order valence-electron chi connectivity index (χ1n) is 12.3. The second-order valence-corrected chi connectivity index (χ2v) is 10.6. The molecule has 2 atom stereocenters. The summed E-state index contributed by atoms with van der Waals surface area (Å²) in [5.74, 6) is 0.362. The van der Waals surface area contributed by atoms with E-state index in [0.29, 0.717) is 56.6 Å². The highest BCUT2D eigenvalue weighted by atomic mass is 35.5. The Labute approximate surface area is 240 Å². The van der Waals surface area contributed by atoms with Gasteiger partial charge in [0.25, 0.3) is 5.91 Å². The zero-order valence-electron chi connectivity index (χ0n) is 21.7. The van der Waals surface area contributed by atoms with Gasteiger partial charge in [0, 0.05) is 42.5 Å². The maximum Gasteiger partial charge on any atom is 0.276 e. The quantitative estimate of drug-likeness (QED) is 0.252. The van der Waals surface area contributed by atoms with E-state index in [4.69, 9.17) is 44.3 Å². The van der Waals surface area contributed by atoms with Crippen molar-refractivity contribution in [2.75, 3.05) is 37.5 Å². The second-order valence-electron chi connectivity index (χ2n) is 9.44. The molecule has 2 aromatic heterocycles. The number of methoxy groups -OCH3 is 2. The number of anilines is 2. The van der Waals surface area contributed by atoms with Crippen molar-refractivity contribution in [3.8, 4) is 22.8 Å². The average Bonchev–Trinajstić information content (AvgIpc) is 3.33. The molecule has 12 heteroatoms. The molecule has 2 aromatic carbocycles. The lowest BCUT2D eigenvalue weighted by molar-refractivity contribution is 0.102. The van der Waals surface area contributed by atoms with Crippen LogP contribution in [-0.4, -0.2) is 60.5 Å². The third-order valence-electron chi connectivity index (χ3n) is 6.59. The second kappa shape index (κ2) is 11.1. The zero-order valence-corrected chi connectivity index (χ0v) is 24.0. The van der Waals surface area contributed by atoms with Crippen LogP contribution in [0.3, 0.4) is 0 Å². The highest BCUT2D eigenvalue weighted by Gasteiger charge is 2.24. The number of halogens is 3. The zero-order chi connectivity index (χ0) is 27.8. The predicted molar refractivity (Wildman–Crippen MR) is 156 cm³/mol. The Balaban J connectivity index is 1.40. The van der Waals surface area contributed by atoms with E-state index < -0.39 is 5.91 Å². The Morgan fingerprint density at radius 3 is 2.28 bits per heavy atom. The lowest BCUT2D eigenvalue weighted by Crippen LogP contribution is -2.54. The molecular weight excluding hydrogens is 563 g/mol. The van der Waals surface area contributed by atoms with E-state index in [9.17, 15) is 4.79 Å². The van der Waals surface area contributed by atoms with Crippen molar-refractivity contribution in [3.05, 3.63) is 57.2 Å². The molecule has 0 saturated carbocycles. The van der Waals surface area contributed by atoms with Crippen LogP contribution in [0, 0.1) is 0 Å². The van der Waals surface area contributed by atoms with Crippen molar-refractivity contribution in [1.82, 2.24) is 20.5 Å². The van der Waals surface area contributed by atoms with Gasteiger partial charge in [0.1, 0.15) is 11.5 Å². The molecule has 1 saturated heterocycles. The molecule has 0 radical (unpaired) electrons. The molecule has 1 amide bonds. The molecule has 1 fully saturated rings. The molecule has 0 unspecified atom stereocenters. The van der Waals surface area contributed by atoms with E-state index >= 15 is 0 Å². The Bertz CT molecular complexity index is 1520. The first-order valence-corrected chi connectivity index (χ1v) is 13.4. The van der Waals surface area contributed by atoms with Crippen molar-refractivity contribution in [2.24, 2.45) is 0 Å². The van der Waals surface area contributed by atoms with Gasteiger partial charge in [0.2, 0.25) is 0 Å². The number of H-pyrrole nitrogens is 1. The van der Waals surface area contributed by atoms with Gasteiger partial charge in [-0.2, -0.15) is 5.10 Å². The fourth-order valence-corrected chi connectivity index (χ4v) is 5.76. The summed E-state index contributed by atoms with van der Waals surface area (Å²) in [7, 11) is 3.00. The first-order chi connectivity index (χ1) is 18.7. The molecule has 3 N–H and O–H groups in total. The van der Waals surface area contributed by atoms with E-state index in [-0.39, 0.29) is 15.7 Å². The molecule has 5 rings (SSSR count). The van der Waals surface area contributed by atoms with Crippen LogP contribution in [0.5, 0.6) is 11.5 Å². The monoisotopic (exact) mass is 588 g/mol. The summed E-state index contributed by atoms with van der Waals surface area (Å²) in [5, 5.41) is 14.9. The molecular formula is C27H27Cl3N6O3. The van der Waals surface area contributed by atoms with E-state index in [1.54, 1.807) is 24.3 Å². The fraction of sp³-hybridized carbons (Fsp3) is 0.296. The lowest BCUT2D eigenvalue weighted by atomic mass is 10.1. The van der Waals surface area contributed by atoms with E-state index in [1.165, 1.54) is 14.2 Å². The average molecular weight is 590 g/mol. The lowest BCUT2D eigenvalue weighted by Gasteiger charge is -2.37. The van der Waals surface area contributed by atoms with Gasteiger partial charge < -0.3 is 25.0 Å². The summed E-state index contributed by atoms with van der Waals surface area (Å²) >= 11 is 19.7. The SMILES string of the molecule is COc1cc(OC)c(Cl)c(-c2ccc3c(C(=O)Nc4ccc(N5C[C@@H](C)N[C@@H](C)C5)cc4Cl)n[nH]c3n2)c1Cl. The molecule has 4 aromatic rings. The summed E-state index contributed by atoms with van der Waals surface area (Å²) in [6.45, 7) is 6.06. The molecule has 9 nitrogen and oxygen atoms in total. The topological polar surface area (TPSA) is 104 Å². The Kier molecular flexibility index (Phi) is 7.77. The number of carbonyl (C=O) groups excluding carboxylic acids is 1. The van der Waals surface area contributed by atoms with Crippen molar-refractivity contribution < 1.29 is 14.3 Å². The number of amides is 1. The smallest absolute Gasteiger partial charge is 0.276 e. The number of aromatic amines is 1. The molecule has 0 bridgehead atoms. The predicted octanol–water partition coefficient (Wildman–Crippen LogP) is 6.04. The van der Waals surface area contributed by atoms with Crippen LogP contribution in [0.4, 0.5) is 11.4 Å². The highest BCUT2D eigenvalue weighted by Crippen LogP contribution is 2.45. The number of pyridine rings is 1. The molecule has 1 aliphatic heterocycles. The minimum Gasteiger partial charge on any atom is -0.495 e. The third-order valence-corrected chi connectivity index (χ3v) is 7.66. The number of ether oxygens (including phenoxy) is 2. The van der Waals surface area contributed by atoms with E-state index in [0.717, 1.165) is 18.8 Å².